The molecule has 0 saturated carbocycles. The second-order valence-electron chi connectivity index (χ2n) is 3.89. The molecule has 0 saturated heterocycles. The molecule has 1 N–H and O–H groups in total. The molecule has 19 heavy (non-hydrogen) atoms. The van der Waals surface area contributed by atoms with E-state index in [9.17, 15) is 8.42 Å². The minimum Gasteiger partial charge on any atom is -0.361 e. The van der Waals surface area contributed by atoms with Crippen LogP contribution >= 0.6 is 27.5 Å². The molecule has 0 amide bonds. The smallest absolute Gasteiger partial charge is 0.238 e. The first-order chi connectivity index (χ1) is 8.87. The fourth-order valence-corrected chi connectivity index (χ4v) is 3.24. The van der Waals surface area contributed by atoms with E-state index in [2.05, 4.69) is 25.8 Å². The van der Waals surface area contributed by atoms with E-state index in [1.54, 1.807) is 31.2 Å². The van der Waals surface area contributed by atoms with Crippen molar-refractivity contribution < 1.29 is 12.9 Å². The summed E-state index contributed by atoms with van der Waals surface area (Å²) in [6.45, 7) is 1.70. The van der Waals surface area contributed by atoms with E-state index in [-0.39, 0.29) is 5.75 Å². The first kappa shape index (κ1) is 14.4. The maximum absolute atomic E-state index is 12.0. The summed E-state index contributed by atoms with van der Waals surface area (Å²) in [5, 5.41) is 4.08. The summed E-state index contributed by atoms with van der Waals surface area (Å²) in [6, 6.07) is 6.50. The fraction of sp³-hybridized carbons (Fsp3) is 0.182. The van der Waals surface area contributed by atoms with Crippen LogP contribution in [0, 0.1) is 6.92 Å². The van der Waals surface area contributed by atoms with E-state index >= 15 is 0 Å². The molecule has 0 unspecified atom stereocenters. The molecule has 0 fully saturated rings. The normalized spacial score (nSPS) is 11.5. The third kappa shape index (κ3) is 3.71. The summed E-state index contributed by atoms with van der Waals surface area (Å²) in [7, 11) is -3.57. The summed E-state index contributed by atoms with van der Waals surface area (Å²) in [6.07, 6.45) is 0. The lowest BCUT2D eigenvalue weighted by Gasteiger charge is -2.09. The lowest BCUT2D eigenvalue weighted by molar-refractivity contribution is 0.392. The van der Waals surface area contributed by atoms with Gasteiger partial charge in [-0.05, 0) is 35.0 Å². The number of aryl methyl sites for hydroxylation is 1. The Balaban J connectivity index is 2.19. The number of benzene rings is 1. The second kappa shape index (κ2) is 5.52. The Bertz CT molecular complexity index is 700. The third-order valence-electron chi connectivity index (χ3n) is 2.23. The van der Waals surface area contributed by atoms with E-state index in [0.29, 0.717) is 26.6 Å². The van der Waals surface area contributed by atoms with Crippen LogP contribution in [-0.4, -0.2) is 13.6 Å². The molecule has 0 aliphatic rings. The van der Waals surface area contributed by atoms with Gasteiger partial charge in [-0.15, -0.1) is 0 Å². The maximum atomic E-state index is 12.0. The van der Waals surface area contributed by atoms with Crippen LogP contribution in [0.3, 0.4) is 0 Å². The zero-order valence-electron chi connectivity index (χ0n) is 9.85. The van der Waals surface area contributed by atoms with Crippen molar-refractivity contribution in [3.05, 3.63) is 45.2 Å². The minimum absolute atomic E-state index is 0.261. The number of nitrogens with zero attached hydrogens (tertiary/aromatic N) is 1. The van der Waals surface area contributed by atoms with Crippen molar-refractivity contribution in [2.45, 2.75) is 12.7 Å². The van der Waals surface area contributed by atoms with Crippen molar-refractivity contribution >= 4 is 43.2 Å². The van der Waals surface area contributed by atoms with E-state index in [0.717, 1.165) is 0 Å². The molecular weight excluding hydrogens is 356 g/mol. The lowest BCUT2D eigenvalue weighted by atomic mass is 10.3. The SMILES string of the molecule is Cc1cc(CS(=O)(=O)Nc2cccc(Cl)c2Br)no1. The van der Waals surface area contributed by atoms with Gasteiger partial charge in [-0.1, -0.05) is 22.8 Å². The van der Waals surface area contributed by atoms with Crippen LogP contribution in [0.15, 0.2) is 33.3 Å². The van der Waals surface area contributed by atoms with Gasteiger partial charge >= 0.3 is 0 Å². The summed E-state index contributed by atoms with van der Waals surface area (Å²) in [5.41, 5.74) is 0.732. The van der Waals surface area contributed by atoms with E-state index in [1.165, 1.54) is 0 Å². The molecule has 0 aliphatic heterocycles. The number of sulfonamides is 1. The van der Waals surface area contributed by atoms with Crippen LogP contribution in [0.4, 0.5) is 5.69 Å². The monoisotopic (exact) mass is 364 g/mol. The molecule has 1 aromatic heterocycles. The molecule has 2 aromatic rings. The van der Waals surface area contributed by atoms with Gasteiger partial charge < -0.3 is 4.52 Å². The molecule has 0 atom stereocenters. The van der Waals surface area contributed by atoms with Crippen molar-refractivity contribution in [1.29, 1.82) is 0 Å². The van der Waals surface area contributed by atoms with Gasteiger partial charge in [0, 0.05) is 6.07 Å². The van der Waals surface area contributed by atoms with Gasteiger partial charge in [0.05, 0.1) is 15.2 Å². The number of hydrogen-bond acceptors (Lipinski definition) is 4. The molecule has 0 spiro atoms. The minimum atomic E-state index is -3.57. The first-order valence-electron chi connectivity index (χ1n) is 5.24. The van der Waals surface area contributed by atoms with Crippen molar-refractivity contribution in [3.63, 3.8) is 0 Å². The topological polar surface area (TPSA) is 72.2 Å². The Morgan fingerprint density at radius 1 is 1.47 bits per heavy atom. The second-order valence-corrected chi connectivity index (χ2v) is 6.81. The molecule has 1 aromatic carbocycles. The summed E-state index contributed by atoms with van der Waals surface area (Å²) in [4.78, 5) is 0. The molecule has 0 bridgehead atoms. The predicted molar refractivity (Wildman–Crippen MR) is 76.6 cm³/mol. The van der Waals surface area contributed by atoms with Crippen LogP contribution in [0.5, 0.6) is 0 Å². The van der Waals surface area contributed by atoms with Gasteiger partial charge in [0.25, 0.3) is 0 Å². The number of halogens is 2. The van der Waals surface area contributed by atoms with Gasteiger partial charge in [0.2, 0.25) is 10.0 Å². The lowest BCUT2D eigenvalue weighted by Crippen LogP contribution is -2.15. The summed E-state index contributed by atoms with van der Waals surface area (Å²) >= 11 is 9.13. The highest BCUT2D eigenvalue weighted by atomic mass is 79.9. The Morgan fingerprint density at radius 2 is 2.21 bits per heavy atom. The fourth-order valence-electron chi connectivity index (χ4n) is 1.47. The molecule has 5 nitrogen and oxygen atoms in total. The number of nitrogens with one attached hydrogen (secondary N) is 1. The van der Waals surface area contributed by atoms with Gasteiger partial charge in [0.15, 0.2) is 0 Å². The Hall–Kier alpha value is -1.05. The molecule has 0 aliphatic carbocycles. The summed E-state index contributed by atoms with van der Waals surface area (Å²) in [5.74, 6) is 0.303. The van der Waals surface area contributed by atoms with Crippen LogP contribution in [0.25, 0.3) is 0 Å². The number of aromatic nitrogens is 1. The summed E-state index contributed by atoms with van der Waals surface area (Å²) < 4.78 is 31.7. The zero-order chi connectivity index (χ0) is 14.0. The largest absolute Gasteiger partial charge is 0.361 e. The van der Waals surface area contributed by atoms with Crippen LogP contribution in [0.2, 0.25) is 5.02 Å². The zero-order valence-corrected chi connectivity index (χ0v) is 13.0. The van der Waals surface area contributed by atoms with E-state index in [1.807, 2.05) is 0 Å². The highest BCUT2D eigenvalue weighted by Crippen LogP contribution is 2.30. The number of hydrogen-bond donors (Lipinski definition) is 1. The Labute approximate surface area is 124 Å². The maximum Gasteiger partial charge on any atom is 0.238 e. The molecule has 102 valence electrons. The predicted octanol–water partition coefficient (Wildman–Crippen LogP) is 3.34. The van der Waals surface area contributed by atoms with Gasteiger partial charge in [0.1, 0.15) is 17.2 Å². The highest BCUT2D eigenvalue weighted by molar-refractivity contribution is 9.10. The van der Waals surface area contributed by atoms with Crippen molar-refractivity contribution in [2.24, 2.45) is 0 Å². The van der Waals surface area contributed by atoms with Crippen molar-refractivity contribution in [1.82, 2.24) is 5.16 Å². The average Bonchev–Trinajstić information content (AvgIpc) is 2.69. The van der Waals surface area contributed by atoms with Crippen molar-refractivity contribution in [3.8, 4) is 0 Å². The highest BCUT2D eigenvalue weighted by Gasteiger charge is 2.16. The standard InChI is InChI=1S/C11H10BrClN2O3S/c1-7-5-8(14-18-7)6-19(16,17)15-10-4-2-3-9(13)11(10)12/h2-5,15H,6H2,1H3. The van der Waals surface area contributed by atoms with Gasteiger partial charge in [-0.3, -0.25) is 4.72 Å². The van der Waals surface area contributed by atoms with E-state index < -0.39 is 10.0 Å². The average molecular weight is 366 g/mol. The number of anilines is 1. The Morgan fingerprint density at radius 3 is 2.84 bits per heavy atom. The van der Waals surface area contributed by atoms with Gasteiger partial charge in [-0.25, -0.2) is 8.42 Å². The Kier molecular flexibility index (Phi) is 4.17. The quantitative estimate of drug-likeness (QED) is 0.902. The van der Waals surface area contributed by atoms with E-state index in [4.69, 9.17) is 16.1 Å². The molecule has 1 heterocycles. The molecule has 0 radical (unpaired) electrons. The van der Waals surface area contributed by atoms with Crippen LogP contribution in [-0.2, 0) is 15.8 Å². The van der Waals surface area contributed by atoms with Crippen LogP contribution < -0.4 is 4.72 Å². The number of rotatable bonds is 4. The van der Waals surface area contributed by atoms with Crippen molar-refractivity contribution in [2.75, 3.05) is 4.72 Å². The van der Waals surface area contributed by atoms with Gasteiger partial charge in [-0.2, -0.15) is 0 Å². The van der Waals surface area contributed by atoms with Crippen LogP contribution in [0.1, 0.15) is 11.5 Å². The molecule has 8 heteroatoms. The molecule has 2 rings (SSSR count). The third-order valence-corrected chi connectivity index (χ3v) is 4.84. The first-order valence-corrected chi connectivity index (χ1v) is 8.06. The molecular formula is C11H10BrClN2O3S.